The summed E-state index contributed by atoms with van der Waals surface area (Å²) < 4.78 is 0. The molecule has 0 bridgehead atoms. The lowest BCUT2D eigenvalue weighted by Crippen LogP contribution is -2.32. The van der Waals surface area contributed by atoms with Crippen LogP contribution in [-0.2, 0) is 0 Å². The van der Waals surface area contributed by atoms with Crippen molar-refractivity contribution in [2.24, 2.45) is 0 Å². The van der Waals surface area contributed by atoms with Crippen molar-refractivity contribution in [2.45, 2.75) is 44.6 Å². The fraction of sp³-hybridized carbons (Fsp3) is 0.529. The molecule has 0 amide bonds. The second-order valence-corrected chi connectivity index (χ2v) is 5.81. The van der Waals surface area contributed by atoms with Crippen molar-refractivity contribution in [3.63, 3.8) is 0 Å². The van der Waals surface area contributed by atoms with Gasteiger partial charge in [-0.15, -0.1) is 0 Å². The summed E-state index contributed by atoms with van der Waals surface area (Å²) in [6.07, 6.45) is 9.85. The van der Waals surface area contributed by atoms with Crippen LogP contribution < -0.4 is 10.6 Å². The van der Waals surface area contributed by atoms with E-state index in [2.05, 4.69) is 26.7 Å². The number of nitrogens with zero attached hydrogens (tertiary/aromatic N) is 2. The summed E-state index contributed by atoms with van der Waals surface area (Å²) in [5.41, 5.74) is 0.992. The molecule has 4 nitrogen and oxygen atoms in total. The van der Waals surface area contributed by atoms with Crippen LogP contribution >= 0.6 is 0 Å². The van der Waals surface area contributed by atoms with Gasteiger partial charge in [-0.2, -0.15) is 0 Å². The Morgan fingerprint density at radius 3 is 2.62 bits per heavy atom. The molecule has 1 aliphatic carbocycles. The van der Waals surface area contributed by atoms with Crippen LogP contribution in [0.5, 0.6) is 0 Å². The van der Waals surface area contributed by atoms with Gasteiger partial charge in [0.1, 0.15) is 12.1 Å². The molecule has 1 heterocycles. The average Bonchev–Trinajstić information content (AvgIpc) is 2.80. The molecule has 1 aromatic carbocycles. The Kier molecular flexibility index (Phi) is 5.00. The van der Waals surface area contributed by atoms with E-state index in [1.165, 1.54) is 38.5 Å². The fourth-order valence-corrected chi connectivity index (χ4v) is 3.09. The number of nitrogens with one attached hydrogen (secondary N) is 2. The van der Waals surface area contributed by atoms with Crippen LogP contribution in [0.25, 0.3) is 10.9 Å². The molecular formula is C17H24N4. The third-order valence-electron chi connectivity index (χ3n) is 4.25. The van der Waals surface area contributed by atoms with Crippen LogP contribution in [0.3, 0.4) is 0 Å². The molecule has 2 aromatic rings. The lowest BCUT2D eigenvalue weighted by atomic mass is 10.1. The molecule has 0 unspecified atom stereocenters. The SMILES string of the molecule is c1ccc2c(NCCNC3CCCCCC3)ncnc2c1. The zero-order valence-electron chi connectivity index (χ0n) is 12.5. The smallest absolute Gasteiger partial charge is 0.137 e. The van der Waals surface area contributed by atoms with Crippen LogP contribution in [0, 0.1) is 0 Å². The van der Waals surface area contributed by atoms with Gasteiger partial charge in [-0.3, -0.25) is 0 Å². The normalized spacial score (nSPS) is 16.8. The summed E-state index contributed by atoms with van der Waals surface area (Å²) >= 11 is 0. The maximum atomic E-state index is 4.36. The Bertz CT molecular complexity index is 556. The average molecular weight is 284 g/mol. The van der Waals surface area contributed by atoms with Crippen molar-refractivity contribution >= 4 is 16.7 Å². The zero-order chi connectivity index (χ0) is 14.3. The van der Waals surface area contributed by atoms with E-state index in [1.54, 1.807) is 6.33 Å². The first-order valence-corrected chi connectivity index (χ1v) is 8.10. The molecule has 2 N–H and O–H groups in total. The largest absolute Gasteiger partial charge is 0.368 e. The minimum atomic E-state index is 0.705. The summed E-state index contributed by atoms with van der Waals surface area (Å²) in [6.45, 7) is 1.89. The van der Waals surface area contributed by atoms with Crippen LogP contribution in [0.2, 0.25) is 0 Å². The van der Waals surface area contributed by atoms with E-state index in [-0.39, 0.29) is 0 Å². The number of anilines is 1. The zero-order valence-corrected chi connectivity index (χ0v) is 12.5. The van der Waals surface area contributed by atoms with Crippen molar-refractivity contribution in [3.05, 3.63) is 30.6 Å². The Morgan fingerprint density at radius 1 is 0.952 bits per heavy atom. The van der Waals surface area contributed by atoms with Crippen LogP contribution in [0.15, 0.2) is 30.6 Å². The summed E-state index contributed by atoms with van der Waals surface area (Å²) in [4.78, 5) is 8.64. The second-order valence-electron chi connectivity index (χ2n) is 5.81. The quantitative estimate of drug-likeness (QED) is 0.653. The molecule has 4 heteroatoms. The molecule has 3 rings (SSSR count). The summed E-state index contributed by atoms with van der Waals surface area (Å²) in [6, 6.07) is 8.83. The van der Waals surface area contributed by atoms with E-state index in [1.807, 2.05) is 18.2 Å². The number of aromatic nitrogens is 2. The van der Waals surface area contributed by atoms with Crippen LogP contribution in [0.1, 0.15) is 38.5 Å². The number of fused-ring (bicyclic) bond motifs is 1. The molecule has 112 valence electrons. The van der Waals surface area contributed by atoms with Gasteiger partial charge in [-0.1, -0.05) is 37.8 Å². The highest BCUT2D eigenvalue weighted by Crippen LogP contribution is 2.18. The third kappa shape index (κ3) is 3.91. The number of hydrogen-bond acceptors (Lipinski definition) is 4. The van der Waals surface area contributed by atoms with Gasteiger partial charge in [0, 0.05) is 24.5 Å². The van der Waals surface area contributed by atoms with Crippen molar-refractivity contribution in [2.75, 3.05) is 18.4 Å². The molecule has 1 aliphatic rings. The van der Waals surface area contributed by atoms with Gasteiger partial charge in [-0.05, 0) is 25.0 Å². The molecule has 0 saturated heterocycles. The number of para-hydroxylation sites is 1. The molecular weight excluding hydrogens is 260 g/mol. The first-order valence-electron chi connectivity index (χ1n) is 8.10. The van der Waals surface area contributed by atoms with Crippen LogP contribution in [0.4, 0.5) is 5.82 Å². The summed E-state index contributed by atoms with van der Waals surface area (Å²) in [5, 5.41) is 8.20. The monoisotopic (exact) mass is 284 g/mol. The molecule has 0 spiro atoms. The van der Waals surface area contributed by atoms with E-state index in [0.717, 1.165) is 29.8 Å². The van der Waals surface area contributed by atoms with Gasteiger partial charge in [-0.25, -0.2) is 9.97 Å². The van der Waals surface area contributed by atoms with Gasteiger partial charge in [0.15, 0.2) is 0 Å². The van der Waals surface area contributed by atoms with E-state index >= 15 is 0 Å². The van der Waals surface area contributed by atoms with Gasteiger partial charge in [0.2, 0.25) is 0 Å². The fourth-order valence-electron chi connectivity index (χ4n) is 3.09. The van der Waals surface area contributed by atoms with E-state index in [9.17, 15) is 0 Å². The van der Waals surface area contributed by atoms with Crippen LogP contribution in [-0.4, -0.2) is 29.1 Å². The molecule has 0 atom stereocenters. The topological polar surface area (TPSA) is 49.8 Å². The van der Waals surface area contributed by atoms with Gasteiger partial charge in [0.25, 0.3) is 0 Å². The number of benzene rings is 1. The highest BCUT2D eigenvalue weighted by molar-refractivity contribution is 5.88. The van der Waals surface area contributed by atoms with Crippen molar-refractivity contribution in [3.8, 4) is 0 Å². The van der Waals surface area contributed by atoms with E-state index < -0.39 is 0 Å². The standard InChI is InChI=1S/C17H24N4/c1-2-4-8-14(7-3-1)18-11-12-19-17-15-9-5-6-10-16(15)20-13-21-17/h5-6,9-10,13-14,18H,1-4,7-8,11-12H2,(H,19,20,21). The van der Waals surface area contributed by atoms with Crippen molar-refractivity contribution < 1.29 is 0 Å². The minimum Gasteiger partial charge on any atom is -0.368 e. The van der Waals surface area contributed by atoms with Gasteiger partial charge >= 0.3 is 0 Å². The predicted octanol–water partition coefficient (Wildman–Crippen LogP) is 3.35. The Hall–Kier alpha value is -1.68. The van der Waals surface area contributed by atoms with Crippen molar-refractivity contribution in [1.82, 2.24) is 15.3 Å². The third-order valence-corrected chi connectivity index (χ3v) is 4.25. The molecule has 21 heavy (non-hydrogen) atoms. The first kappa shape index (κ1) is 14.3. The minimum absolute atomic E-state index is 0.705. The Balaban J connectivity index is 1.50. The number of hydrogen-bond donors (Lipinski definition) is 2. The molecule has 1 aromatic heterocycles. The summed E-state index contributed by atoms with van der Waals surface area (Å²) in [7, 11) is 0. The lowest BCUT2D eigenvalue weighted by Gasteiger charge is -2.16. The maximum absolute atomic E-state index is 4.36. The number of rotatable bonds is 5. The van der Waals surface area contributed by atoms with Crippen molar-refractivity contribution in [1.29, 1.82) is 0 Å². The van der Waals surface area contributed by atoms with Gasteiger partial charge in [0.05, 0.1) is 5.52 Å². The molecule has 1 saturated carbocycles. The highest BCUT2D eigenvalue weighted by atomic mass is 15.0. The maximum Gasteiger partial charge on any atom is 0.137 e. The Morgan fingerprint density at radius 2 is 1.76 bits per heavy atom. The molecule has 1 fully saturated rings. The Labute approximate surface area is 126 Å². The predicted molar refractivity (Wildman–Crippen MR) is 87.5 cm³/mol. The van der Waals surface area contributed by atoms with Gasteiger partial charge < -0.3 is 10.6 Å². The van der Waals surface area contributed by atoms with E-state index in [0.29, 0.717) is 6.04 Å². The lowest BCUT2D eigenvalue weighted by molar-refractivity contribution is 0.468. The second kappa shape index (κ2) is 7.36. The van der Waals surface area contributed by atoms with E-state index in [4.69, 9.17) is 0 Å². The first-order chi connectivity index (χ1) is 10.4. The summed E-state index contributed by atoms with van der Waals surface area (Å²) in [5.74, 6) is 0.934. The molecule has 0 radical (unpaired) electrons. The molecule has 0 aliphatic heterocycles. The highest BCUT2D eigenvalue weighted by Gasteiger charge is 2.10.